The summed E-state index contributed by atoms with van der Waals surface area (Å²) < 4.78 is 38.5. The van der Waals surface area contributed by atoms with Crippen LogP contribution in [0.1, 0.15) is 69.3 Å². The van der Waals surface area contributed by atoms with E-state index in [1.54, 1.807) is 9.47 Å². The summed E-state index contributed by atoms with van der Waals surface area (Å²) in [7, 11) is 1.35. The molecule has 0 bridgehead atoms. The fourth-order valence-corrected chi connectivity index (χ4v) is 5.43. The molecular formula is C30H39F2N5O6. The van der Waals surface area contributed by atoms with Crippen LogP contribution in [-0.4, -0.2) is 66.3 Å². The number of amides is 2. The second-order valence-electron chi connectivity index (χ2n) is 11.7. The maximum absolute atomic E-state index is 15.7. The van der Waals surface area contributed by atoms with Crippen molar-refractivity contribution in [1.29, 1.82) is 0 Å². The quantitative estimate of drug-likeness (QED) is 0.306. The number of halogens is 2. The summed E-state index contributed by atoms with van der Waals surface area (Å²) in [5.74, 6) is -3.62. The number of aromatic nitrogens is 1. The fourth-order valence-electron chi connectivity index (χ4n) is 5.43. The highest BCUT2D eigenvalue weighted by Gasteiger charge is 2.32. The Hall–Kier alpha value is -4.00. The Morgan fingerprint density at radius 3 is 2.49 bits per heavy atom. The molecule has 2 heterocycles. The normalized spacial score (nSPS) is 17.9. The fraction of sp³-hybridized carbons (Fsp3) is 0.533. The van der Waals surface area contributed by atoms with Crippen LogP contribution in [0.5, 0.6) is 5.75 Å². The van der Waals surface area contributed by atoms with E-state index in [4.69, 9.17) is 10.5 Å². The summed E-state index contributed by atoms with van der Waals surface area (Å²) in [5, 5.41) is 14.6. The lowest BCUT2D eigenvalue weighted by Crippen LogP contribution is -2.51. The minimum absolute atomic E-state index is 0.0121. The first-order valence-electron chi connectivity index (χ1n) is 14.5. The number of hydrogen-bond acceptors (Lipinski definition) is 7. The molecule has 0 unspecified atom stereocenters. The molecule has 0 radical (unpaired) electrons. The van der Waals surface area contributed by atoms with Crippen LogP contribution in [0.15, 0.2) is 28.5 Å². The van der Waals surface area contributed by atoms with Crippen LogP contribution in [0, 0.1) is 11.7 Å². The molecule has 234 valence electrons. The molecule has 2 aromatic rings. The van der Waals surface area contributed by atoms with Crippen molar-refractivity contribution < 1.29 is 33.0 Å². The van der Waals surface area contributed by atoms with Gasteiger partial charge in [-0.3, -0.25) is 14.4 Å². The van der Waals surface area contributed by atoms with Crippen LogP contribution in [0.3, 0.4) is 0 Å². The molecule has 1 aromatic carbocycles. The van der Waals surface area contributed by atoms with Crippen LogP contribution in [0.2, 0.25) is 0 Å². The van der Waals surface area contributed by atoms with Gasteiger partial charge in [0.1, 0.15) is 23.1 Å². The molecule has 4 rings (SSSR count). The van der Waals surface area contributed by atoms with Gasteiger partial charge in [-0.25, -0.2) is 13.6 Å². The van der Waals surface area contributed by atoms with Gasteiger partial charge in [-0.15, -0.1) is 0 Å². The van der Waals surface area contributed by atoms with Gasteiger partial charge >= 0.3 is 5.97 Å². The van der Waals surface area contributed by atoms with Gasteiger partial charge in [-0.05, 0) is 56.6 Å². The largest absolute Gasteiger partial charge is 0.492 e. The van der Waals surface area contributed by atoms with E-state index in [0.29, 0.717) is 36.9 Å². The number of carboxylic acids is 1. The van der Waals surface area contributed by atoms with Crippen molar-refractivity contribution in [2.75, 3.05) is 31.6 Å². The average Bonchev–Trinajstić information content (AvgIpc) is 3.80. The van der Waals surface area contributed by atoms with E-state index >= 15 is 8.78 Å². The lowest BCUT2D eigenvalue weighted by atomic mass is 10.0. The van der Waals surface area contributed by atoms with Crippen molar-refractivity contribution in [3.05, 3.63) is 45.3 Å². The van der Waals surface area contributed by atoms with Crippen molar-refractivity contribution in [1.82, 2.24) is 15.2 Å². The highest BCUT2D eigenvalue weighted by atomic mass is 19.1. The van der Waals surface area contributed by atoms with Crippen molar-refractivity contribution in [3.63, 3.8) is 0 Å². The molecule has 1 saturated carbocycles. The Morgan fingerprint density at radius 1 is 1.21 bits per heavy atom. The maximum atomic E-state index is 15.7. The number of fused-ring (bicyclic) bond motifs is 1. The van der Waals surface area contributed by atoms with E-state index in [-0.39, 0.29) is 35.3 Å². The number of carboxylic acid groups (broad SMARTS) is 1. The van der Waals surface area contributed by atoms with Crippen molar-refractivity contribution >= 4 is 34.4 Å². The number of nitrogens with zero attached hydrogens (tertiary/aromatic N) is 2. The molecule has 43 heavy (non-hydrogen) atoms. The summed E-state index contributed by atoms with van der Waals surface area (Å²) in [6, 6.07) is -0.703. The number of rotatable bonds is 11. The number of piperidine rings is 1. The zero-order chi connectivity index (χ0) is 31.6. The number of anilines is 1. The third-order valence-corrected chi connectivity index (χ3v) is 7.73. The second kappa shape index (κ2) is 13.1. The summed E-state index contributed by atoms with van der Waals surface area (Å²) in [6.45, 7) is 5.28. The summed E-state index contributed by atoms with van der Waals surface area (Å²) in [5.41, 5.74) is 5.08. The van der Waals surface area contributed by atoms with Gasteiger partial charge in [0.2, 0.25) is 17.2 Å². The summed E-state index contributed by atoms with van der Waals surface area (Å²) in [4.78, 5) is 51.3. The molecular weight excluding hydrogens is 564 g/mol. The van der Waals surface area contributed by atoms with Crippen LogP contribution in [-0.2, 0) is 9.59 Å². The number of nitrogens with two attached hydrogens (primary N) is 1. The van der Waals surface area contributed by atoms with E-state index in [1.807, 2.05) is 13.8 Å². The Labute approximate surface area is 248 Å². The Bertz CT molecular complexity index is 1510. The molecule has 2 atom stereocenters. The SMILES string of the molecule is COc1c(N2CCCC(=C(F)CNC(=O)[C@H](CC(C)C)NC(=O)[C@H](C)N)C2)c(F)cc2c(=O)c(C(=O)O)cn(C3CC3)c12. The molecule has 5 N–H and O–H groups in total. The zero-order valence-electron chi connectivity index (χ0n) is 24.8. The van der Waals surface area contributed by atoms with Crippen LogP contribution in [0.4, 0.5) is 14.5 Å². The first-order valence-corrected chi connectivity index (χ1v) is 14.5. The Kier molecular flexibility index (Phi) is 9.73. The Morgan fingerprint density at radius 2 is 1.91 bits per heavy atom. The first kappa shape index (κ1) is 31.9. The predicted octanol–water partition coefficient (Wildman–Crippen LogP) is 3.00. The van der Waals surface area contributed by atoms with Gasteiger partial charge in [-0.1, -0.05) is 13.8 Å². The maximum Gasteiger partial charge on any atom is 0.341 e. The van der Waals surface area contributed by atoms with Gasteiger partial charge < -0.3 is 35.7 Å². The molecule has 1 aromatic heterocycles. The number of hydrogen-bond donors (Lipinski definition) is 4. The first-order chi connectivity index (χ1) is 20.3. The van der Waals surface area contributed by atoms with Crippen LogP contribution in [0.25, 0.3) is 10.9 Å². The molecule has 1 aliphatic heterocycles. The number of methoxy groups -OCH3 is 1. The second-order valence-corrected chi connectivity index (χ2v) is 11.7. The van der Waals surface area contributed by atoms with Crippen molar-refractivity contribution in [3.8, 4) is 5.75 Å². The van der Waals surface area contributed by atoms with E-state index in [9.17, 15) is 24.3 Å². The number of pyridine rings is 1. The molecule has 1 aliphatic carbocycles. The van der Waals surface area contributed by atoms with Gasteiger partial charge in [0, 0.05) is 25.3 Å². The molecule has 11 nitrogen and oxygen atoms in total. The summed E-state index contributed by atoms with van der Waals surface area (Å²) in [6.07, 6.45) is 4.05. The molecule has 0 spiro atoms. The van der Waals surface area contributed by atoms with E-state index in [1.165, 1.54) is 20.2 Å². The van der Waals surface area contributed by atoms with Crippen LogP contribution < -0.4 is 31.4 Å². The number of carbonyl (C=O) groups excluding carboxylic acids is 2. The predicted molar refractivity (Wildman–Crippen MR) is 158 cm³/mol. The van der Waals surface area contributed by atoms with Gasteiger partial charge in [0.25, 0.3) is 0 Å². The number of benzene rings is 1. The van der Waals surface area contributed by atoms with E-state index in [2.05, 4.69) is 10.6 Å². The highest BCUT2D eigenvalue weighted by Crippen LogP contribution is 2.44. The number of ether oxygens (including phenoxy) is 1. The topological polar surface area (TPSA) is 156 Å². The molecule has 2 amide bonds. The molecule has 2 aliphatic rings. The minimum atomic E-state index is -1.40. The number of nitrogens with one attached hydrogen (secondary N) is 2. The molecule has 13 heteroatoms. The lowest BCUT2D eigenvalue weighted by Gasteiger charge is -2.33. The van der Waals surface area contributed by atoms with Crippen LogP contribution >= 0.6 is 0 Å². The smallest absolute Gasteiger partial charge is 0.341 e. The molecule has 1 saturated heterocycles. The third-order valence-electron chi connectivity index (χ3n) is 7.73. The molecule has 2 fully saturated rings. The van der Waals surface area contributed by atoms with Gasteiger partial charge in [0.05, 0.1) is 30.6 Å². The zero-order valence-corrected chi connectivity index (χ0v) is 24.8. The van der Waals surface area contributed by atoms with Crippen molar-refractivity contribution in [2.45, 2.75) is 71.0 Å². The Balaban J connectivity index is 1.62. The minimum Gasteiger partial charge on any atom is -0.492 e. The van der Waals surface area contributed by atoms with Gasteiger partial charge in [-0.2, -0.15) is 0 Å². The number of aromatic carboxylic acids is 1. The third kappa shape index (κ3) is 6.98. The lowest BCUT2D eigenvalue weighted by molar-refractivity contribution is -0.129. The van der Waals surface area contributed by atoms with Crippen molar-refractivity contribution in [2.24, 2.45) is 11.7 Å². The summed E-state index contributed by atoms with van der Waals surface area (Å²) >= 11 is 0. The number of carbonyl (C=O) groups is 3. The van der Waals surface area contributed by atoms with E-state index in [0.717, 1.165) is 18.9 Å². The monoisotopic (exact) mass is 603 g/mol. The van der Waals surface area contributed by atoms with E-state index < -0.39 is 59.0 Å². The standard InChI is InChI=1S/C30H39F2N5O6/c1-15(2)10-23(35-28(39)16(3)33)29(40)34-12-22(32)17-6-5-9-36(13-17)25-21(31)11-19-24(27(25)43-4)37(18-7-8-18)14-20(26(19)38)30(41)42/h11,14-16,18,23H,5-10,12-13,33H2,1-4H3,(H,34,40)(H,35,39)(H,41,42)/t16-,23-/m0/s1. The average molecular weight is 604 g/mol. The van der Waals surface area contributed by atoms with Gasteiger partial charge in [0.15, 0.2) is 11.6 Å². The highest BCUT2D eigenvalue weighted by molar-refractivity contribution is 5.97.